The molecule has 1 fully saturated rings. The molecule has 2 heterocycles. The molecule has 0 aliphatic carbocycles. The van der Waals surface area contributed by atoms with E-state index in [9.17, 15) is 20.2 Å². The summed E-state index contributed by atoms with van der Waals surface area (Å²) in [6, 6.07) is 6.60. The summed E-state index contributed by atoms with van der Waals surface area (Å²) < 4.78 is 11.3. The van der Waals surface area contributed by atoms with Gasteiger partial charge in [-0.2, -0.15) is 10.4 Å². The topological polar surface area (TPSA) is 143 Å². The lowest BCUT2D eigenvalue weighted by Crippen LogP contribution is -2.25. The summed E-state index contributed by atoms with van der Waals surface area (Å²) in [6.07, 6.45) is 3.46. The molecule has 1 aliphatic heterocycles. The molecule has 11 nitrogen and oxygen atoms in total. The van der Waals surface area contributed by atoms with Crippen LogP contribution in [-0.4, -0.2) is 48.8 Å². The summed E-state index contributed by atoms with van der Waals surface area (Å²) in [5, 5.41) is 24.6. The Balaban J connectivity index is 1.70. The number of hydrazone groups is 1. The van der Waals surface area contributed by atoms with Gasteiger partial charge in [-0.05, 0) is 41.8 Å². The molecule has 1 saturated heterocycles. The zero-order chi connectivity index (χ0) is 24.7. The highest BCUT2D eigenvalue weighted by Crippen LogP contribution is 2.30. The third-order valence-electron chi connectivity index (χ3n) is 5.17. The van der Waals surface area contributed by atoms with Gasteiger partial charge in [-0.1, -0.05) is 0 Å². The second-order valence-corrected chi connectivity index (χ2v) is 8.28. The van der Waals surface area contributed by atoms with Crippen molar-refractivity contribution in [3.63, 3.8) is 0 Å². The molecular formula is C22H23BrN6O5. The smallest absolute Gasteiger partial charge is 0.278 e. The molecule has 0 radical (unpaired) electrons. The molecule has 0 spiro atoms. The fourth-order valence-corrected chi connectivity index (χ4v) is 3.96. The van der Waals surface area contributed by atoms with E-state index in [-0.39, 0.29) is 23.7 Å². The Bertz CT molecular complexity index is 1160. The molecule has 1 N–H and O–H groups in total. The van der Waals surface area contributed by atoms with Crippen molar-refractivity contribution in [1.29, 1.82) is 5.26 Å². The standard InChI is InChI=1S/C22H23BrN6O5/c1-14-21(23)18(12-33-2)17(10-24)22(26-14)34-13-20(30)27-25-11-15-9-16(29(31)32)5-6-19(15)28-7-3-4-8-28/h5-6,9,11H,3-4,7-8,12-13H2,1-2H3,(H,27,30)/b25-11-. The van der Waals surface area contributed by atoms with Crippen molar-refractivity contribution in [2.24, 2.45) is 5.10 Å². The van der Waals surface area contributed by atoms with Crippen LogP contribution in [0.1, 0.15) is 35.2 Å². The predicted molar refractivity (Wildman–Crippen MR) is 128 cm³/mol. The average molecular weight is 531 g/mol. The second kappa shape index (κ2) is 11.5. The Morgan fingerprint density at radius 1 is 1.44 bits per heavy atom. The van der Waals surface area contributed by atoms with Crippen LogP contribution in [0.5, 0.6) is 5.88 Å². The van der Waals surface area contributed by atoms with E-state index in [1.165, 1.54) is 25.5 Å². The molecule has 0 unspecified atom stereocenters. The summed E-state index contributed by atoms with van der Waals surface area (Å²) in [4.78, 5) is 29.3. The number of ether oxygens (including phenoxy) is 2. The Kier molecular flexibility index (Phi) is 8.50. The molecule has 178 valence electrons. The number of methoxy groups -OCH3 is 1. The maximum Gasteiger partial charge on any atom is 0.278 e. The van der Waals surface area contributed by atoms with Crippen LogP contribution in [0.4, 0.5) is 11.4 Å². The van der Waals surface area contributed by atoms with Gasteiger partial charge in [0.1, 0.15) is 11.6 Å². The van der Waals surface area contributed by atoms with Crippen molar-refractivity contribution in [1.82, 2.24) is 10.4 Å². The van der Waals surface area contributed by atoms with Crippen LogP contribution in [0, 0.1) is 28.4 Å². The number of pyridine rings is 1. The summed E-state index contributed by atoms with van der Waals surface area (Å²) in [5.41, 5.74) is 4.95. The van der Waals surface area contributed by atoms with E-state index in [2.05, 4.69) is 36.3 Å². The number of anilines is 1. The number of nitrogens with zero attached hydrogens (tertiary/aromatic N) is 5. The number of nitriles is 1. The largest absolute Gasteiger partial charge is 0.467 e. The number of hydrogen-bond acceptors (Lipinski definition) is 9. The molecule has 1 amide bonds. The lowest BCUT2D eigenvalue weighted by atomic mass is 10.1. The lowest BCUT2D eigenvalue weighted by molar-refractivity contribution is -0.384. The minimum absolute atomic E-state index is 0.0179. The minimum Gasteiger partial charge on any atom is -0.467 e. The Labute approximate surface area is 204 Å². The SMILES string of the molecule is COCc1c(Br)c(C)nc(OCC(=O)N/N=C\c2cc([N+](=O)[O-])ccc2N2CCCC2)c1C#N. The molecule has 1 aromatic carbocycles. The number of carbonyl (C=O) groups is 1. The number of carbonyl (C=O) groups excluding carboxylic acids is 1. The zero-order valence-electron chi connectivity index (χ0n) is 18.7. The van der Waals surface area contributed by atoms with Crippen LogP contribution in [-0.2, 0) is 16.1 Å². The maximum absolute atomic E-state index is 12.3. The lowest BCUT2D eigenvalue weighted by Gasteiger charge is -2.19. The highest BCUT2D eigenvalue weighted by Gasteiger charge is 2.19. The van der Waals surface area contributed by atoms with Gasteiger partial charge in [0, 0.05) is 53.6 Å². The summed E-state index contributed by atoms with van der Waals surface area (Å²) in [6.45, 7) is 3.18. The number of aryl methyl sites for hydroxylation is 1. The van der Waals surface area contributed by atoms with E-state index >= 15 is 0 Å². The van der Waals surface area contributed by atoms with Crippen LogP contribution in [0.3, 0.4) is 0 Å². The molecule has 0 bridgehead atoms. The third kappa shape index (κ3) is 5.86. The monoisotopic (exact) mass is 530 g/mol. The van der Waals surface area contributed by atoms with Crippen LogP contribution in [0.2, 0.25) is 0 Å². The molecule has 2 aromatic rings. The number of nitrogens with one attached hydrogen (secondary N) is 1. The summed E-state index contributed by atoms with van der Waals surface area (Å²) in [5.74, 6) is -0.562. The molecule has 0 atom stereocenters. The van der Waals surface area contributed by atoms with E-state index < -0.39 is 17.4 Å². The first-order valence-electron chi connectivity index (χ1n) is 10.4. The van der Waals surface area contributed by atoms with Crippen LogP contribution < -0.4 is 15.1 Å². The fraction of sp³-hybridized carbons (Fsp3) is 0.364. The number of nitro groups is 1. The Morgan fingerprint density at radius 3 is 2.82 bits per heavy atom. The highest BCUT2D eigenvalue weighted by molar-refractivity contribution is 9.10. The molecule has 1 aliphatic rings. The van der Waals surface area contributed by atoms with Crippen molar-refractivity contribution in [3.8, 4) is 11.9 Å². The third-order valence-corrected chi connectivity index (χ3v) is 6.22. The van der Waals surface area contributed by atoms with Crippen LogP contribution in [0.15, 0.2) is 27.8 Å². The molecule has 1 aromatic heterocycles. The van der Waals surface area contributed by atoms with E-state index in [0.29, 0.717) is 21.3 Å². The number of hydrogen-bond donors (Lipinski definition) is 1. The molecular weight excluding hydrogens is 508 g/mol. The minimum atomic E-state index is -0.580. The summed E-state index contributed by atoms with van der Waals surface area (Å²) in [7, 11) is 1.51. The molecule has 0 saturated carbocycles. The average Bonchev–Trinajstić information content (AvgIpc) is 3.35. The van der Waals surface area contributed by atoms with Crippen molar-refractivity contribution in [2.45, 2.75) is 26.4 Å². The zero-order valence-corrected chi connectivity index (χ0v) is 20.3. The molecule has 34 heavy (non-hydrogen) atoms. The van der Waals surface area contributed by atoms with E-state index in [1.54, 1.807) is 13.0 Å². The van der Waals surface area contributed by atoms with Crippen molar-refractivity contribution in [2.75, 3.05) is 31.7 Å². The first kappa shape index (κ1) is 25.1. The summed E-state index contributed by atoms with van der Waals surface area (Å²) >= 11 is 3.39. The maximum atomic E-state index is 12.3. The number of aromatic nitrogens is 1. The van der Waals surface area contributed by atoms with Crippen LogP contribution >= 0.6 is 15.9 Å². The first-order chi connectivity index (χ1) is 16.3. The van der Waals surface area contributed by atoms with Gasteiger partial charge < -0.3 is 14.4 Å². The van der Waals surface area contributed by atoms with E-state index in [4.69, 9.17) is 9.47 Å². The van der Waals surface area contributed by atoms with Crippen LogP contribution in [0.25, 0.3) is 0 Å². The Morgan fingerprint density at radius 2 is 2.18 bits per heavy atom. The molecule has 3 rings (SSSR count). The highest BCUT2D eigenvalue weighted by atomic mass is 79.9. The van der Waals surface area contributed by atoms with Gasteiger partial charge in [-0.3, -0.25) is 14.9 Å². The Hall–Kier alpha value is -3.56. The van der Waals surface area contributed by atoms with Gasteiger partial charge in [0.15, 0.2) is 6.61 Å². The number of rotatable bonds is 9. The number of halogens is 1. The van der Waals surface area contributed by atoms with Crippen molar-refractivity contribution in [3.05, 3.63) is 55.2 Å². The van der Waals surface area contributed by atoms with Gasteiger partial charge in [0.25, 0.3) is 11.6 Å². The fourth-order valence-electron chi connectivity index (χ4n) is 3.56. The number of amides is 1. The quantitative estimate of drug-likeness (QED) is 0.295. The number of non-ortho nitro benzene ring substituents is 1. The first-order valence-corrected chi connectivity index (χ1v) is 11.2. The van der Waals surface area contributed by atoms with Gasteiger partial charge in [0.2, 0.25) is 5.88 Å². The normalized spacial score (nSPS) is 13.2. The second-order valence-electron chi connectivity index (χ2n) is 7.49. The van der Waals surface area contributed by atoms with Crippen molar-refractivity contribution < 1.29 is 19.2 Å². The molecule has 12 heteroatoms. The van der Waals surface area contributed by atoms with E-state index in [0.717, 1.165) is 31.6 Å². The number of benzene rings is 1. The van der Waals surface area contributed by atoms with E-state index in [1.807, 2.05) is 6.07 Å². The van der Waals surface area contributed by atoms with Gasteiger partial charge >= 0.3 is 0 Å². The van der Waals surface area contributed by atoms with Crippen molar-refractivity contribution >= 4 is 39.4 Å². The van der Waals surface area contributed by atoms with Gasteiger partial charge in [0.05, 0.1) is 23.4 Å². The van der Waals surface area contributed by atoms with Gasteiger partial charge in [-0.15, -0.1) is 0 Å². The van der Waals surface area contributed by atoms with Gasteiger partial charge in [-0.25, -0.2) is 10.4 Å². The predicted octanol–water partition coefficient (Wildman–Crippen LogP) is 3.21. The number of nitro benzene ring substituents is 1.